The van der Waals surface area contributed by atoms with Crippen molar-refractivity contribution in [2.75, 3.05) is 19.6 Å². The fraction of sp³-hybridized carbons (Fsp3) is 0.364. The molecule has 0 bridgehead atoms. The second-order valence-corrected chi connectivity index (χ2v) is 9.99. The lowest BCUT2D eigenvalue weighted by atomic mass is 9.96. The highest BCUT2D eigenvalue weighted by Crippen LogP contribution is 2.36. The van der Waals surface area contributed by atoms with Gasteiger partial charge in [0.25, 0.3) is 5.91 Å². The number of rotatable bonds is 6. The Kier molecular flexibility index (Phi) is 5.81. The Morgan fingerprint density at radius 1 is 1.23 bits per heavy atom. The topological polar surface area (TPSA) is 88.1 Å². The Hall–Kier alpha value is -2.78. The lowest BCUT2D eigenvalue weighted by Crippen LogP contribution is -2.39. The van der Waals surface area contributed by atoms with E-state index in [1.807, 2.05) is 37.3 Å². The molecular formula is C22H24FN3O4S. The van der Waals surface area contributed by atoms with Crippen LogP contribution in [0.1, 0.15) is 31.2 Å². The molecule has 2 atom stereocenters. The highest BCUT2D eigenvalue weighted by molar-refractivity contribution is 7.89. The summed E-state index contributed by atoms with van der Waals surface area (Å²) in [6, 6.07) is 14.6. The number of sulfonamides is 1. The molecule has 1 N–H and O–H groups in total. The standard InChI is InChI=1S/C22H24FN3O4S/c1-16(17-5-3-2-4-6-17)14-24-21(27)20-13-22(30-25-20)11-12-26(15-22)31(28,29)19-9-7-18(23)8-10-19/h2-10,16H,11-15H2,1H3,(H,24,27)/t16-,22-/m0/s1. The molecule has 2 aromatic rings. The van der Waals surface area contributed by atoms with E-state index in [0.29, 0.717) is 13.0 Å². The van der Waals surface area contributed by atoms with E-state index in [0.717, 1.165) is 17.7 Å². The molecule has 7 nitrogen and oxygen atoms in total. The molecule has 0 aromatic heterocycles. The van der Waals surface area contributed by atoms with E-state index in [2.05, 4.69) is 10.5 Å². The number of nitrogens with one attached hydrogen (secondary N) is 1. The van der Waals surface area contributed by atoms with Crippen molar-refractivity contribution >= 4 is 21.6 Å². The normalized spacial score (nSPS) is 22.2. The zero-order chi connectivity index (χ0) is 22.1. The van der Waals surface area contributed by atoms with E-state index in [1.54, 1.807) is 0 Å². The molecule has 1 saturated heterocycles. The maximum absolute atomic E-state index is 13.1. The van der Waals surface area contributed by atoms with Crippen LogP contribution in [0, 0.1) is 5.82 Å². The average molecular weight is 446 g/mol. The van der Waals surface area contributed by atoms with Gasteiger partial charge in [0.05, 0.1) is 11.4 Å². The van der Waals surface area contributed by atoms with Crippen molar-refractivity contribution in [2.45, 2.75) is 36.2 Å². The number of hydrogen-bond acceptors (Lipinski definition) is 5. The SMILES string of the molecule is C[C@@H](CNC(=O)C1=NO[C@@]2(CCN(S(=O)(=O)c3ccc(F)cc3)C2)C1)c1ccccc1. The van der Waals surface area contributed by atoms with Crippen LogP contribution in [0.25, 0.3) is 0 Å². The first-order valence-corrected chi connectivity index (χ1v) is 11.6. The predicted octanol–water partition coefficient (Wildman–Crippen LogP) is 2.66. The molecule has 0 unspecified atom stereocenters. The van der Waals surface area contributed by atoms with E-state index in [9.17, 15) is 17.6 Å². The Morgan fingerprint density at radius 2 is 1.94 bits per heavy atom. The second kappa shape index (κ2) is 8.39. The molecule has 2 aliphatic heterocycles. The number of oxime groups is 1. The molecule has 1 spiro atoms. The van der Waals surface area contributed by atoms with Crippen molar-refractivity contribution in [2.24, 2.45) is 5.16 Å². The lowest BCUT2D eigenvalue weighted by molar-refractivity contribution is -0.115. The predicted molar refractivity (Wildman–Crippen MR) is 114 cm³/mol. The Labute approximate surface area is 180 Å². The monoisotopic (exact) mass is 445 g/mol. The van der Waals surface area contributed by atoms with Crippen molar-refractivity contribution in [1.82, 2.24) is 9.62 Å². The Balaban J connectivity index is 1.34. The summed E-state index contributed by atoms with van der Waals surface area (Å²) in [5, 5.41) is 6.84. The first kappa shape index (κ1) is 21.5. The van der Waals surface area contributed by atoms with Crippen LogP contribution in [-0.4, -0.2) is 49.6 Å². The summed E-state index contributed by atoms with van der Waals surface area (Å²) in [4.78, 5) is 18.2. The molecule has 0 aliphatic carbocycles. The van der Waals surface area contributed by atoms with Gasteiger partial charge in [-0.2, -0.15) is 4.31 Å². The number of halogens is 1. The molecule has 4 rings (SSSR count). The molecule has 31 heavy (non-hydrogen) atoms. The zero-order valence-electron chi connectivity index (χ0n) is 17.1. The first-order valence-electron chi connectivity index (χ1n) is 10.1. The third-order valence-corrected chi connectivity index (χ3v) is 7.63. The smallest absolute Gasteiger partial charge is 0.269 e. The van der Waals surface area contributed by atoms with Crippen LogP contribution >= 0.6 is 0 Å². The van der Waals surface area contributed by atoms with Crippen LogP contribution in [0.15, 0.2) is 64.6 Å². The molecule has 0 radical (unpaired) electrons. The highest BCUT2D eigenvalue weighted by Gasteiger charge is 2.49. The van der Waals surface area contributed by atoms with Crippen LogP contribution in [0.3, 0.4) is 0 Å². The second-order valence-electron chi connectivity index (χ2n) is 8.05. The number of benzene rings is 2. The Morgan fingerprint density at radius 3 is 2.65 bits per heavy atom. The fourth-order valence-electron chi connectivity index (χ4n) is 3.88. The molecule has 164 valence electrons. The van der Waals surface area contributed by atoms with Gasteiger partial charge in [0.2, 0.25) is 10.0 Å². The summed E-state index contributed by atoms with van der Waals surface area (Å²) in [6.07, 6.45) is 0.669. The highest BCUT2D eigenvalue weighted by atomic mass is 32.2. The van der Waals surface area contributed by atoms with Gasteiger partial charge in [-0.25, -0.2) is 12.8 Å². The zero-order valence-corrected chi connectivity index (χ0v) is 17.9. The van der Waals surface area contributed by atoms with Crippen LogP contribution in [-0.2, 0) is 19.7 Å². The van der Waals surface area contributed by atoms with E-state index in [-0.39, 0.29) is 41.9 Å². The van der Waals surface area contributed by atoms with Crippen molar-refractivity contribution in [3.63, 3.8) is 0 Å². The molecule has 0 saturated carbocycles. The van der Waals surface area contributed by atoms with Gasteiger partial charge >= 0.3 is 0 Å². The van der Waals surface area contributed by atoms with E-state index >= 15 is 0 Å². The van der Waals surface area contributed by atoms with Gasteiger partial charge in [0.1, 0.15) is 11.5 Å². The largest absolute Gasteiger partial charge is 0.387 e. The summed E-state index contributed by atoms with van der Waals surface area (Å²) in [7, 11) is -3.77. The minimum Gasteiger partial charge on any atom is -0.387 e. The van der Waals surface area contributed by atoms with Crippen LogP contribution in [0.2, 0.25) is 0 Å². The van der Waals surface area contributed by atoms with Crippen LogP contribution in [0.5, 0.6) is 0 Å². The number of carbonyl (C=O) groups excluding carboxylic acids is 1. The van der Waals surface area contributed by atoms with Crippen molar-refractivity contribution in [3.8, 4) is 0 Å². The minimum absolute atomic E-state index is 0.0257. The van der Waals surface area contributed by atoms with Gasteiger partial charge in [-0.15, -0.1) is 0 Å². The summed E-state index contributed by atoms with van der Waals surface area (Å²) < 4.78 is 40.1. The van der Waals surface area contributed by atoms with Crippen LogP contribution < -0.4 is 5.32 Å². The maximum Gasteiger partial charge on any atom is 0.269 e. The van der Waals surface area contributed by atoms with Gasteiger partial charge in [-0.05, 0) is 35.7 Å². The summed E-state index contributed by atoms with van der Waals surface area (Å²) in [6.45, 7) is 2.82. The van der Waals surface area contributed by atoms with Crippen molar-refractivity contribution in [1.29, 1.82) is 0 Å². The van der Waals surface area contributed by atoms with Crippen molar-refractivity contribution < 1.29 is 22.4 Å². The molecule has 2 aliphatic rings. The third kappa shape index (κ3) is 4.47. The summed E-state index contributed by atoms with van der Waals surface area (Å²) >= 11 is 0. The van der Waals surface area contributed by atoms with E-state index < -0.39 is 21.4 Å². The average Bonchev–Trinajstić information content (AvgIpc) is 3.40. The number of amides is 1. The number of nitrogens with zero attached hydrogens (tertiary/aromatic N) is 2. The molecule has 1 fully saturated rings. The van der Waals surface area contributed by atoms with Gasteiger partial charge < -0.3 is 10.2 Å². The van der Waals surface area contributed by atoms with E-state index in [1.165, 1.54) is 16.4 Å². The summed E-state index contributed by atoms with van der Waals surface area (Å²) in [5.41, 5.74) is 0.549. The summed E-state index contributed by atoms with van der Waals surface area (Å²) in [5.74, 6) is -0.661. The molecule has 2 heterocycles. The molecule has 9 heteroatoms. The third-order valence-electron chi connectivity index (χ3n) is 5.77. The molecule has 1 amide bonds. The minimum atomic E-state index is -3.77. The van der Waals surface area contributed by atoms with Crippen LogP contribution in [0.4, 0.5) is 4.39 Å². The van der Waals surface area contributed by atoms with Gasteiger partial charge in [-0.1, -0.05) is 42.4 Å². The fourth-order valence-corrected chi connectivity index (χ4v) is 5.39. The maximum atomic E-state index is 13.1. The van der Waals surface area contributed by atoms with Gasteiger partial charge in [0.15, 0.2) is 5.60 Å². The van der Waals surface area contributed by atoms with Gasteiger partial charge in [-0.3, -0.25) is 4.79 Å². The molecule has 2 aromatic carbocycles. The molecular weight excluding hydrogens is 421 g/mol. The lowest BCUT2D eigenvalue weighted by Gasteiger charge is -2.21. The Bertz CT molecular complexity index is 1090. The van der Waals surface area contributed by atoms with E-state index in [4.69, 9.17) is 4.84 Å². The quantitative estimate of drug-likeness (QED) is 0.741. The number of carbonyl (C=O) groups is 1. The number of hydrogen-bond donors (Lipinski definition) is 1. The van der Waals surface area contributed by atoms with Gasteiger partial charge in [0, 0.05) is 25.9 Å². The van der Waals surface area contributed by atoms with Crippen molar-refractivity contribution in [3.05, 3.63) is 66.0 Å². The first-order chi connectivity index (χ1) is 14.8.